The molecule has 1 aliphatic heterocycles. The van der Waals surface area contributed by atoms with Crippen LogP contribution in [0.3, 0.4) is 0 Å². The zero-order chi connectivity index (χ0) is 14.8. The predicted molar refractivity (Wildman–Crippen MR) is 88.7 cm³/mol. The number of benzene rings is 1. The van der Waals surface area contributed by atoms with Crippen LogP contribution in [0, 0.1) is 0 Å². The summed E-state index contributed by atoms with van der Waals surface area (Å²) >= 11 is 0. The molecule has 118 valence electrons. The highest BCUT2D eigenvalue weighted by molar-refractivity contribution is 5.85. The molecule has 0 radical (unpaired) electrons. The van der Waals surface area contributed by atoms with Crippen molar-refractivity contribution in [3.63, 3.8) is 0 Å². The van der Waals surface area contributed by atoms with Crippen LogP contribution in [0.2, 0.25) is 0 Å². The summed E-state index contributed by atoms with van der Waals surface area (Å²) in [6.07, 6.45) is 0. The van der Waals surface area contributed by atoms with E-state index in [0.717, 1.165) is 13.1 Å². The van der Waals surface area contributed by atoms with Crippen molar-refractivity contribution >= 4 is 18.3 Å². The monoisotopic (exact) mass is 311 g/mol. The molecule has 1 aromatic carbocycles. The van der Waals surface area contributed by atoms with Gasteiger partial charge in [0.2, 0.25) is 5.91 Å². The lowest BCUT2D eigenvalue weighted by molar-refractivity contribution is -0.123. The van der Waals surface area contributed by atoms with Crippen molar-refractivity contribution in [2.45, 2.75) is 38.3 Å². The van der Waals surface area contributed by atoms with Gasteiger partial charge in [-0.3, -0.25) is 9.69 Å². The number of hydrogen-bond donors (Lipinski definition) is 2. The van der Waals surface area contributed by atoms with Crippen LogP contribution in [0.1, 0.15) is 32.3 Å². The zero-order valence-electron chi connectivity index (χ0n) is 13.0. The van der Waals surface area contributed by atoms with Crippen LogP contribution >= 0.6 is 12.4 Å². The second-order valence-corrected chi connectivity index (χ2v) is 6.67. The van der Waals surface area contributed by atoms with Crippen molar-refractivity contribution in [1.82, 2.24) is 10.2 Å². The van der Waals surface area contributed by atoms with Crippen molar-refractivity contribution in [3.8, 4) is 0 Å². The predicted octanol–water partition coefficient (Wildman–Crippen LogP) is 1.75. The summed E-state index contributed by atoms with van der Waals surface area (Å²) < 4.78 is 0. The van der Waals surface area contributed by atoms with Gasteiger partial charge in [0.05, 0.1) is 6.54 Å². The third kappa shape index (κ3) is 5.30. The van der Waals surface area contributed by atoms with Crippen molar-refractivity contribution in [2.75, 3.05) is 19.6 Å². The minimum atomic E-state index is -0.183. The molecule has 3 N–H and O–H groups in total. The highest BCUT2D eigenvalue weighted by Gasteiger charge is 2.32. The third-order valence-corrected chi connectivity index (χ3v) is 3.55. The SMILES string of the molecule is CC(C)(C)NC(=O)CN1C[C@@H](N)[C@H](c2ccccc2)C1.Cl. The Morgan fingerprint density at radius 3 is 2.48 bits per heavy atom. The molecule has 5 heteroatoms. The van der Waals surface area contributed by atoms with Crippen LogP contribution in [-0.2, 0) is 4.79 Å². The molecular formula is C16H26ClN3O. The fourth-order valence-electron chi connectivity index (χ4n) is 2.76. The number of carbonyl (C=O) groups is 1. The minimum Gasteiger partial charge on any atom is -0.350 e. The lowest BCUT2D eigenvalue weighted by Gasteiger charge is -2.23. The molecule has 1 saturated heterocycles. The summed E-state index contributed by atoms with van der Waals surface area (Å²) in [7, 11) is 0. The number of nitrogens with one attached hydrogen (secondary N) is 1. The van der Waals surface area contributed by atoms with Crippen molar-refractivity contribution in [1.29, 1.82) is 0 Å². The number of hydrogen-bond acceptors (Lipinski definition) is 3. The van der Waals surface area contributed by atoms with E-state index in [9.17, 15) is 4.79 Å². The summed E-state index contributed by atoms with van der Waals surface area (Å²) in [5.74, 6) is 0.386. The van der Waals surface area contributed by atoms with Gasteiger partial charge in [-0.1, -0.05) is 30.3 Å². The minimum absolute atomic E-state index is 0. The summed E-state index contributed by atoms with van der Waals surface area (Å²) in [5.41, 5.74) is 7.31. The molecule has 1 aliphatic rings. The maximum absolute atomic E-state index is 12.0. The van der Waals surface area contributed by atoms with Crippen molar-refractivity contribution < 1.29 is 4.79 Å². The largest absolute Gasteiger partial charge is 0.350 e. The van der Waals surface area contributed by atoms with Crippen LogP contribution in [0.15, 0.2) is 30.3 Å². The molecule has 2 rings (SSSR count). The lowest BCUT2D eigenvalue weighted by Crippen LogP contribution is -2.45. The van der Waals surface area contributed by atoms with Crippen LogP contribution in [0.25, 0.3) is 0 Å². The Kier molecular flexibility index (Phi) is 6.20. The van der Waals surface area contributed by atoms with E-state index >= 15 is 0 Å². The van der Waals surface area contributed by atoms with Crippen LogP contribution in [0.5, 0.6) is 0 Å². The van der Waals surface area contributed by atoms with Crippen molar-refractivity contribution in [2.24, 2.45) is 5.73 Å². The quantitative estimate of drug-likeness (QED) is 0.894. The summed E-state index contributed by atoms with van der Waals surface area (Å²) in [6.45, 7) is 8.03. The first-order chi connectivity index (χ1) is 9.35. The fraction of sp³-hybridized carbons (Fsp3) is 0.562. The average Bonchev–Trinajstić information content (AvgIpc) is 2.68. The van der Waals surface area contributed by atoms with E-state index < -0.39 is 0 Å². The molecular weight excluding hydrogens is 286 g/mol. The molecule has 0 bridgehead atoms. The van der Waals surface area contributed by atoms with Gasteiger partial charge in [-0.2, -0.15) is 0 Å². The Balaban J connectivity index is 0.00000220. The molecule has 0 spiro atoms. The molecule has 0 unspecified atom stereocenters. The molecule has 1 amide bonds. The first-order valence-corrected chi connectivity index (χ1v) is 7.19. The Bertz CT molecular complexity index is 458. The zero-order valence-corrected chi connectivity index (χ0v) is 13.8. The lowest BCUT2D eigenvalue weighted by atomic mass is 9.95. The standard InChI is InChI=1S/C16H25N3O.ClH/c1-16(2,3)18-15(20)11-19-9-13(14(17)10-19)12-7-5-4-6-8-12;/h4-8,13-14H,9-11,17H2,1-3H3,(H,18,20);1H/t13-,14+;/m0./s1. The Morgan fingerprint density at radius 2 is 1.90 bits per heavy atom. The van der Waals surface area contributed by atoms with Gasteiger partial charge in [-0.25, -0.2) is 0 Å². The van der Waals surface area contributed by atoms with E-state index in [1.807, 2.05) is 39.0 Å². The summed E-state index contributed by atoms with van der Waals surface area (Å²) in [4.78, 5) is 14.1. The summed E-state index contributed by atoms with van der Waals surface area (Å²) in [6, 6.07) is 10.4. The van der Waals surface area contributed by atoms with Gasteiger partial charge in [0, 0.05) is 30.6 Å². The maximum atomic E-state index is 12.0. The van der Waals surface area contributed by atoms with Gasteiger partial charge in [-0.15, -0.1) is 12.4 Å². The Labute approximate surface area is 133 Å². The van der Waals surface area contributed by atoms with E-state index in [2.05, 4.69) is 22.3 Å². The molecule has 1 fully saturated rings. The summed E-state index contributed by atoms with van der Waals surface area (Å²) in [5, 5.41) is 2.99. The number of nitrogens with two attached hydrogens (primary N) is 1. The Hall–Kier alpha value is -1.10. The maximum Gasteiger partial charge on any atom is 0.234 e. The van der Waals surface area contributed by atoms with E-state index in [-0.39, 0.29) is 29.9 Å². The average molecular weight is 312 g/mol. The number of carbonyl (C=O) groups excluding carboxylic acids is 1. The number of amides is 1. The van der Waals surface area contributed by atoms with E-state index in [4.69, 9.17) is 5.73 Å². The molecule has 0 saturated carbocycles. The molecule has 1 heterocycles. The number of likely N-dealkylation sites (tertiary alicyclic amines) is 1. The van der Waals surface area contributed by atoms with Gasteiger partial charge >= 0.3 is 0 Å². The van der Waals surface area contributed by atoms with Crippen molar-refractivity contribution in [3.05, 3.63) is 35.9 Å². The van der Waals surface area contributed by atoms with E-state index in [0.29, 0.717) is 12.5 Å². The van der Waals surface area contributed by atoms with Gasteiger partial charge in [0.1, 0.15) is 0 Å². The third-order valence-electron chi connectivity index (χ3n) is 3.55. The first-order valence-electron chi connectivity index (χ1n) is 7.19. The highest BCUT2D eigenvalue weighted by atomic mass is 35.5. The normalized spacial score (nSPS) is 22.7. The first kappa shape index (κ1) is 18.0. The van der Waals surface area contributed by atoms with Gasteiger partial charge < -0.3 is 11.1 Å². The van der Waals surface area contributed by atoms with Gasteiger partial charge in [-0.05, 0) is 26.3 Å². The highest BCUT2D eigenvalue weighted by Crippen LogP contribution is 2.25. The van der Waals surface area contributed by atoms with Crippen LogP contribution < -0.4 is 11.1 Å². The van der Waals surface area contributed by atoms with E-state index in [1.54, 1.807) is 0 Å². The molecule has 21 heavy (non-hydrogen) atoms. The molecule has 2 atom stereocenters. The molecule has 1 aromatic rings. The second kappa shape index (κ2) is 7.25. The fourth-order valence-corrected chi connectivity index (χ4v) is 2.76. The van der Waals surface area contributed by atoms with Crippen LogP contribution in [0.4, 0.5) is 0 Å². The Morgan fingerprint density at radius 1 is 1.29 bits per heavy atom. The van der Waals surface area contributed by atoms with Gasteiger partial charge in [0.25, 0.3) is 0 Å². The molecule has 0 aliphatic carbocycles. The number of rotatable bonds is 3. The topological polar surface area (TPSA) is 58.4 Å². The van der Waals surface area contributed by atoms with E-state index in [1.165, 1.54) is 5.56 Å². The van der Waals surface area contributed by atoms with Gasteiger partial charge in [0.15, 0.2) is 0 Å². The number of halogens is 1. The molecule has 0 aromatic heterocycles. The second-order valence-electron chi connectivity index (χ2n) is 6.67. The smallest absolute Gasteiger partial charge is 0.234 e. The molecule has 4 nitrogen and oxygen atoms in total. The van der Waals surface area contributed by atoms with Crippen LogP contribution in [-0.4, -0.2) is 42.0 Å². The number of nitrogens with zero attached hydrogens (tertiary/aromatic N) is 1.